The molecule has 1 fully saturated rings. The van der Waals surface area contributed by atoms with Crippen LogP contribution in [-0.2, 0) is 14.3 Å². The second-order valence-electron chi connectivity index (χ2n) is 5.53. The highest BCUT2D eigenvalue weighted by molar-refractivity contribution is 9.10. The van der Waals surface area contributed by atoms with Crippen LogP contribution >= 0.6 is 28.1 Å². The molecule has 1 amide bonds. The number of benzene rings is 1. The van der Waals surface area contributed by atoms with Crippen molar-refractivity contribution >= 4 is 51.2 Å². The molecule has 0 saturated carbocycles. The van der Waals surface area contributed by atoms with Crippen LogP contribution in [0.4, 0.5) is 0 Å². The van der Waals surface area contributed by atoms with Crippen molar-refractivity contribution in [2.45, 2.75) is 13.8 Å². The number of hydrogen-bond donors (Lipinski definition) is 0. The van der Waals surface area contributed by atoms with Crippen LogP contribution in [0.1, 0.15) is 19.4 Å². The molecule has 1 aromatic rings. The van der Waals surface area contributed by atoms with Crippen molar-refractivity contribution in [2.24, 2.45) is 0 Å². The maximum atomic E-state index is 12.6. The zero-order valence-electron chi connectivity index (χ0n) is 15.6. The first-order valence-electron chi connectivity index (χ1n) is 8.31. The van der Waals surface area contributed by atoms with Gasteiger partial charge < -0.3 is 19.1 Å². The largest absolute Gasteiger partial charge is 0.493 e. The minimum absolute atomic E-state index is 0.153. The van der Waals surface area contributed by atoms with Crippen LogP contribution in [0.2, 0.25) is 0 Å². The van der Waals surface area contributed by atoms with E-state index < -0.39 is 5.97 Å². The van der Waals surface area contributed by atoms with Gasteiger partial charge in [0.2, 0.25) is 0 Å². The number of thiocarbonyl (C=S) groups is 1. The topological polar surface area (TPSA) is 68.3 Å². The van der Waals surface area contributed by atoms with Gasteiger partial charge in [0.1, 0.15) is 23.7 Å². The predicted octanol–water partition coefficient (Wildman–Crippen LogP) is 2.82. The van der Waals surface area contributed by atoms with Gasteiger partial charge >= 0.3 is 5.97 Å². The van der Waals surface area contributed by atoms with Crippen LogP contribution in [0.15, 0.2) is 22.3 Å². The van der Waals surface area contributed by atoms with E-state index in [0.717, 1.165) is 4.47 Å². The summed E-state index contributed by atoms with van der Waals surface area (Å²) in [6.07, 6.45) is 1.65. The first-order valence-corrected chi connectivity index (χ1v) is 9.51. The lowest BCUT2D eigenvalue weighted by Crippen LogP contribution is -2.33. The molecule has 0 bridgehead atoms. The van der Waals surface area contributed by atoms with Gasteiger partial charge in [-0.3, -0.25) is 14.5 Å². The van der Waals surface area contributed by atoms with E-state index in [1.165, 1.54) is 16.9 Å². The summed E-state index contributed by atoms with van der Waals surface area (Å²) in [5.74, 6) is 0.392. The van der Waals surface area contributed by atoms with E-state index in [1.807, 2.05) is 13.8 Å². The number of carbonyl (C=O) groups is 2. The fourth-order valence-electron chi connectivity index (χ4n) is 2.50. The highest BCUT2D eigenvalue weighted by atomic mass is 79.9. The number of ether oxygens (including phenoxy) is 3. The molecule has 1 saturated heterocycles. The van der Waals surface area contributed by atoms with Gasteiger partial charge in [-0.1, -0.05) is 0 Å². The second-order valence-corrected chi connectivity index (χ2v) is 6.74. The van der Waals surface area contributed by atoms with E-state index >= 15 is 0 Å². The Kier molecular flexibility index (Phi) is 7.20. The molecule has 1 heterocycles. The molecule has 0 unspecified atom stereocenters. The van der Waals surface area contributed by atoms with Gasteiger partial charge in [0.25, 0.3) is 5.91 Å². The molecule has 1 aliphatic rings. The van der Waals surface area contributed by atoms with Crippen LogP contribution in [0, 0.1) is 0 Å². The van der Waals surface area contributed by atoms with Crippen LogP contribution in [-0.4, -0.2) is 60.7 Å². The maximum Gasteiger partial charge on any atom is 0.325 e. The Hall–Kier alpha value is -2.13. The smallest absolute Gasteiger partial charge is 0.325 e. The first kappa shape index (κ1) is 21.2. The van der Waals surface area contributed by atoms with Gasteiger partial charge in [0.05, 0.1) is 24.8 Å². The third kappa shape index (κ3) is 4.59. The predicted molar refractivity (Wildman–Crippen MR) is 109 cm³/mol. The Bertz CT molecular complexity index is 796. The summed E-state index contributed by atoms with van der Waals surface area (Å²) in [5.41, 5.74) is 0.924. The highest BCUT2D eigenvalue weighted by Gasteiger charge is 2.37. The van der Waals surface area contributed by atoms with E-state index in [0.29, 0.717) is 30.3 Å². The number of hydrogen-bond acceptors (Lipinski definition) is 6. The molecule has 7 nitrogen and oxygen atoms in total. The Morgan fingerprint density at radius 1 is 1.22 bits per heavy atom. The Labute approximate surface area is 172 Å². The number of carbonyl (C=O) groups excluding carboxylic acids is 2. The average molecular weight is 457 g/mol. The van der Waals surface area contributed by atoms with Gasteiger partial charge in [0.15, 0.2) is 5.11 Å². The van der Waals surface area contributed by atoms with E-state index in [-0.39, 0.29) is 23.3 Å². The monoisotopic (exact) mass is 456 g/mol. The molecule has 0 spiro atoms. The number of esters is 1. The molecular formula is C18H21BrN2O5S. The molecule has 0 N–H and O–H groups in total. The molecule has 2 rings (SSSR count). The first-order chi connectivity index (χ1) is 12.8. The fourth-order valence-corrected chi connectivity index (χ4v) is 3.22. The van der Waals surface area contributed by atoms with E-state index in [2.05, 4.69) is 15.9 Å². The standard InChI is InChI=1S/C18H21BrN2O5S/c1-5-25-14-9-15(26-6-2)12(19)7-11(14)8-13-17(23)20(3)18(27)21(13)10-16(22)24-4/h7-9H,5-6,10H2,1-4H3. The number of rotatable bonds is 7. The van der Waals surface area contributed by atoms with Crippen molar-refractivity contribution in [2.75, 3.05) is 33.9 Å². The zero-order chi connectivity index (χ0) is 20.1. The summed E-state index contributed by atoms with van der Waals surface area (Å²) in [7, 11) is 2.85. The average Bonchev–Trinajstić information content (AvgIpc) is 2.83. The van der Waals surface area contributed by atoms with Crippen molar-refractivity contribution in [3.63, 3.8) is 0 Å². The Morgan fingerprint density at radius 3 is 2.44 bits per heavy atom. The van der Waals surface area contributed by atoms with Crippen LogP contribution in [0.3, 0.4) is 0 Å². The normalized spacial score (nSPS) is 15.5. The molecule has 27 heavy (non-hydrogen) atoms. The van der Waals surface area contributed by atoms with Crippen LogP contribution in [0.25, 0.3) is 6.08 Å². The third-order valence-corrected chi connectivity index (χ3v) is 4.92. The molecule has 1 aromatic carbocycles. The summed E-state index contributed by atoms with van der Waals surface area (Å²) in [4.78, 5) is 27.1. The van der Waals surface area contributed by atoms with Crippen molar-refractivity contribution in [1.29, 1.82) is 0 Å². The van der Waals surface area contributed by atoms with Gasteiger partial charge in [-0.2, -0.15) is 0 Å². The van der Waals surface area contributed by atoms with Crippen molar-refractivity contribution in [3.8, 4) is 11.5 Å². The molecule has 0 aromatic heterocycles. The quantitative estimate of drug-likeness (QED) is 0.354. The molecular weight excluding hydrogens is 436 g/mol. The second kappa shape index (κ2) is 9.18. The Balaban J connectivity index is 2.52. The van der Waals surface area contributed by atoms with E-state index in [4.69, 9.17) is 26.4 Å². The summed E-state index contributed by atoms with van der Waals surface area (Å²) >= 11 is 8.76. The number of nitrogens with zero attached hydrogens (tertiary/aromatic N) is 2. The van der Waals surface area contributed by atoms with Gasteiger partial charge in [0, 0.05) is 18.7 Å². The minimum Gasteiger partial charge on any atom is -0.493 e. The summed E-state index contributed by atoms with van der Waals surface area (Å²) in [6.45, 7) is 4.56. The van der Waals surface area contributed by atoms with Crippen molar-refractivity contribution < 1.29 is 23.8 Å². The van der Waals surface area contributed by atoms with E-state index in [1.54, 1.807) is 25.3 Å². The SMILES string of the molecule is CCOc1cc(OCC)c(C=C2C(=O)N(C)C(=S)N2CC(=O)OC)cc1Br. The van der Waals surface area contributed by atoms with Gasteiger partial charge in [-0.25, -0.2) is 0 Å². The summed E-state index contributed by atoms with van der Waals surface area (Å²) in [5, 5.41) is 0.236. The zero-order valence-corrected chi connectivity index (χ0v) is 18.0. The number of halogens is 1. The molecule has 1 aliphatic heterocycles. The third-order valence-electron chi connectivity index (χ3n) is 3.80. The summed E-state index contributed by atoms with van der Waals surface area (Å²) in [6, 6.07) is 3.56. The number of methoxy groups -OCH3 is 1. The van der Waals surface area contributed by atoms with Crippen molar-refractivity contribution in [3.05, 3.63) is 27.9 Å². The fraction of sp³-hybridized carbons (Fsp3) is 0.389. The lowest BCUT2D eigenvalue weighted by Gasteiger charge is -2.17. The lowest BCUT2D eigenvalue weighted by molar-refractivity contribution is -0.140. The highest BCUT2D eigenvalue weighted by Crippen LogP contribution is 2.35. The van der Waals surface area contributed by atoms with Crippen LogP contribution in [0.5, 0.6) is 11.5 Å². The lowest BCUT2D eigenvalue weighted by atomic mass is 10.1. The number of amides is 1. The molecule has 0 atom stereocenters. The van der Waals surface area contributed by atoms with Gasteiger partial charge in [-0.15, -0.1) is 0 Å². The van der Waals surface area contributed by atoms with Gasteiger partial charge in [-0.05, 0) is 54.1 Å². The maximum absolute atomic E-state index is 12.6. The van der Waals surface area contributed by atoms with E-state index in [9.17, 15) is 9.59 Å². The molecule has 0 aliphatic carbocycles. The van der Waals surface area contributed by atoms with Crippen molar-refractivity contribution in [1.82, 2.24) is 9.80 Å². The van der Waals surface area contributed by atoms with Crippen LogP contribution < -0.4 is 9.47 Å². The minimum atomic E-state index is -0.496. The molecule has 146 valence electrons. The number of likely N-dealkylation sites (N-methyl/N-ethyl adjacent to an activating group) is 1. The molecule has 9 heteroatoms. The Morgan fingerprint density at radius 2 is 1.85 bits per heavy atom. The molecule has 0 radical (unpaired) electrons. The summed E-state index contributed by atoms with van der Waals surface area (Å²) < 4.78 is 16.7.